The lowest BCUT2D eigenvalue weighted by molar-refractivity contribution is 0.626. The summed E-state index contributed by atoms with van der Waals surface area (Å²) in [5.74, 6) is 2.10. The molecule has 2 rings (SSSR count). The van der Waals surface area contributed by atoms with E-state index < -0.39 is 0 Å². The highest BCUT2D eigenvalue weighted by molar-refractivity contribution is 7.98. The second-order valence-electron chi connectivity index (χ2n) is 3.07. The highest BCUT2D eigenvalue weighted by atomic mass is 35.5. The van der Waals surface area contributed by atoms with Crippen molar-refractivity contribution in [3.05, 3.63) is 41.7 Å². The number of benzene rings is 1. The number of aromatic nitrogens is 3. The summed E-state index contributed by atoms with van der Waals surface area (Å²) in [6.07, 6.45) is 0. The maximum Gasteiger partial charge on any atom is 0.165 e. The van der Waals surface area contributed by atoms with Gasteiger partial charge in [0.25, 0.3) is 0 Å². The molecule has 2 aromatic rings. The molecule has 0 saturated heterocycles. The maximum absolute atomic E-state index is 12.6. The molecule has 0 amide bonds. The Morgan fingerprint density at radius 3 is 2.69 bits per heavy atom. The Hall–Kier alpha value is -1.07. The van der Waals surface area contributed by atoms with E-state index in [4.69, 9.17) is 11.6 Å². The minimum atomic E-state index is -0.228. The molecule has 3 nitrogen and oxygen atoms in total. The third-order valence-electron chi connectivity index (χ3n) is 1.89. The molecule has 1 N–H and O–H groups in total. The number of H-pyrrole nitrogens is 1. The molecule has 0 aliphatic rings. The van der Waals surface area contributed by atoms with E-state index in [1.54, 1.807) is 23.9 Å². The molecule has 1 aromatic heterocycles. The SMILES string of the molecule is Fc1ccc(SCc2nc(CCl)n[nH]2)cc1. The van der Waals surface area contributed by atoms with Crippen molar-refractivity contribution in [1.29, 1.82) is 0 Å². The molecule has 0 fully saturated rings. The van der Waals surface area contributed by atoms with E-state index in [0.717, 1.165) is 10.7 Å². The molecular weight excluding hydrogens is 249 g/mol. The predicted molar refractivity (Wildman–Crippen MR) is 61.9 cm³/mol. The van der Waals surface area contributed by atoms with E-state index in [0.29, 0.717) is 17.5 Å². The standard InChI is InChI=1S/C10H9ClFN3S/c11-5-9-13-10(15-14-9)6-16-8-3-1-7(12)2-4-8/h1-4H,5-6H2,(H,13,14,15). The Morgan fingerprint density at radius 1 is 1.31 bits per heavy atom. The van der Waals surface area contributed by atoms with E-state index in [1.807, 2.05) is 0 Å². The predicted octanol–water partition coefficient (Wildman–Crippen LogP) is 2.97. The van der Waals surface area contributed by atoms with Crippen LogP contribution < -0.4 is 0 Å². The van der Waals surface area contributed by atoms with Gasteiger partial charge in [0.2, 0.25) is 0 Å². The number of hydrogen-bond donors (Lipinski definition) is 1. The monoisotopic (exact) mass is 257 g/mol. The number of nitrogens with one attached hydrogen (secondary N) is 1. The van der Waals surface area contributed by atoms with Crippen molar-refractivity contribution in [2.75, 3.05) is 0 Å². The van der Waals surface area contributed by atoms with E-state index in [1.165, 1.54) is 12.1 Å². The second-order valence-corrected chi connectivity index (χ2v) is 4.39. The van der Waals surface area contributed by atoms with Gasteiger partial charge in [0, 0.05) is 4.90 Å². The molecular formula is C10H9ClFN3S. The largest absolute Gasteiger partial charge is 0.262 e. The topological polar surface area (TPSA) is 41.6 Å². The molecule has 6 heteroatoms. The van der Waals surface area contributed by atoms with Crippen molar-refractivity contribution in [1.82, 2.24) is 15.2 Å². The number of thioether (sulfide) groups is 1. The van der Waals surface area contributed by atoms with Crippen LogP contribution in [-0.2, 0) is 11.6 Å². The third kappa shape index (κ3) is 2.96. The number of halogens is 2. The number of hydrogen-bond acceptors (Lipinski definition) is 3. The Morgan fingerprint density at radius 2 is 2.06 bits per heavy atom. The zero-order valence-electron chi connectivity index (χ0n) is 8.28. The van der Waals surface area contributed by atoms with Crippen molar-refractivity contribution in [2.24, 2.45) is 0 Å². The average Bonchev–Trinajstić information content (AvgIpc) is 2.76. The first-order valence-corrected chi connectivity index (χ1v) is 6.14. The summed E-state index contributed by atoms with van der Waals surface area (Å²) in [5, 5.41) is 6.72. The second kappa shape index (κ2) is 5.32. The Labute approximate surface area is 101 Å². The molecule has 0 aliphatic heterocycles. The molecule has 0 bridgehead atoms. The minimum Gasteiger partial charge on any atom is -0.262 e. The van der Waals surface area contributed by atoms with Gasteiger partial charge in [-0.15, -0.1) is 23.4 Å². The summed E-state index contributed by atoms with van der Waals surface area (Å²) in [4.78, 5) is 5.16. The highest BCUT2D eigenvalue weighted by Gasteiger charge is 2.02. The van der Waals surface area contributed by atoms with E-state index in [9.17, 15) is 4.39 Å². The molecule has 1 heterocycles. The first-order valence-electron chi connectivity index (χ1n) is 4.62. The Balaban J connectivity index is 1.94. The van der Waals surface area contributed by atoms with E-state index >= 15 is 0 Å². The molecule has 0 atom stereocenters. The average molecular weight is 258 g/mol. The zero-order valence-corrected chi connectivity index (χ0v) is 9.85. The van der Waals surface area contributed by atoms with Crippen LogP contribution in [0.3, 0.4) is 0 Å². The van der Waals surface area contributed by atoms with Crippen molar-refractivity contribution in [3.8, 4) is 0 Å². The normalized spacial score (nSPS) is 10.6. The minimum absolute atomic E-state index is 0.228. The van der Waals surface area contributed by atoms with Crippen LogP contribution >= 0.6 is 23.4 Å². The van der Waals surface area contributed by atoms with Gasteiger partial charge in [-0.3, -0.25) is 5.10 Å². The molecule has 0 radical (unpaired) electrons. The van der Waals surface area contributed by atoms with Crippen molar-refractivity contribution in [2.45, 2.75) is 16.5 Å². The molecule has 0 unspecified atom stereocenters. The zero-order chi connectivity index (χ0) is 11.4. The summed E-state index contributed by atoms with van der Waals surface area (Å²) in [6, 6.07) is 6.34. The third-order valence-corrected chi connectivity index (χ3v) is 3.15. The van der Waals surface area contributed by atoms with Gasteiger partial charge < -0.3 is 0 Å². The fourth-order valence-electron chi connectivity index (χ4n) is 1.14. The number of alkyl halides is 1. The Kier molecular flexibility index (Phi) is 3.79. The first kappa shape index (κ1) is 11.4. The van der Waals surface area contributed by atoms with Gasteiger partial charge in [0.15, 0.2) is 5.82 Å². The number of rotatable bonds is 4. The lowest BCUT2D eigenvalue weighted by atomic mass is 10.4. The summed E-state index contributed by atoms with van der Waals surface area (Å²) < 4.78 is 12.6. The molecule has 0 saturated carbocycles. The van der Waals surface area contributed by atoms with Gasteiger partial charge in [-0.25, -0.2) is 9.37 Å². The van der Waals surface area contributed by atoms with Gasteiger partial charge in [-0.05, 0) is 24.3 Å². The van der Waals surface area contributed by atoms with Crippen molar-refractivity contribution >= 4 is 23.4 Å². The summed E-state index contributed by atoms with van der Waals surface area (Å²) in [7, 11) is 0. The fourth-order valence-corrected chi connectivity index (χ4v) is 2.02. The van der Waals surface area contributed by atoms with Crippen molar-refractivity contribution < 1.29 is 4.39 Å². The van der Waals surface area contributed by atoms with Crippen LogP contribution in [-0.4, -0.2) is 15.2 Å². The van der Waals surface area contributed by atoms with Crippen LogP contribution in [0.5, 0.6) is 0 Å². The smallest absolute Gasteiger partial charge is 0.165 e. The van der Waals surface area contributed by atoms with E-state index in [2.05, 4.69) is 15.2 Å². The van der Waals surface area contributed by atoms with Crippen LogP contribution in [0.25, 0.3) is 0 Å². The van der Waals surface area contributed by atoms with Crippen molar-refractivity contribution in [3.63, 3.8) is 0 Å². The van der Waals surface area contributed by atoms with Gasteiger partial charge in [-0.1, -0.05) is 0 Å². The van der Waals surface area contributed by atoms with Crippen LogP contribution in [0.2, 0.25) is 0 Å². The number of aromatic amines is 1. The molecule has 0 aliphatic carbocycles. The van der Waals surface area contributed by atoms with E-state index in [-0.39, 0.29) is 5.82 Å². The van der Waals surface area contributed by atoms with Gasteiger partial charge in [0.1, 0.15) is 11.6 Å². The van der Waals surface area contributed by atoms with Crippen LogP contribution in [0.4, 0.5) is 4.39 Å². The molecule has 16 heavy (non-hydrogen) atoms. The summed E-state index contributed by atoms with van der Waals surface area (Å²) in [6.45, 7) is 0. The van der Waals surface area contributed by atoms with Crippen LogP contribution in [0, 0.1) is 5.82 Å². The highest BCUT2D eigenvalue weighted by Crippen LogP contribution is 2.21. The lowest BCUT2D eigenvalue weighted by Gasteiger charge is -1.98. The lowest BCUT2D eigenvalue weighted by Crippen LogP contribution is -1.84. The maximum atomic E-state index is 12.6. The van der Waals surface area contributed by atoms with Crippen LogP contribution in [0.15, 0.2) is 29.2 Å². The molecule has 84 valence electrons. The fraction of sp³-hybridized carbons (Fsp3) is 0.200. The van der Waals surface area contributed by atoms with Gasteiger partial charge in [-0.2, -0.15) is 5.10 Å². The summed E-state index contributed by atoms with van der Waals surface area (Å²) >= 11 is 7.14. The van der Waals surface area contributed by atoms with Crippen LogP contribution in [0.1, 0.15) is 11.6 Å². The van der Waals surface area contributed by atoms with Gasteiger partial charge in [0.05, 0.1) is 11.6 Å². The van der Waals surface area contributed by atoms with Gasteiger partial charge >= 0.3 is 0 Å². The molecule has 1 aromatic carbocycles. The quantitative estimate of drug-likeness (QED) is 0.676. The molecule has 0 spiro atoms. The first-order chi connectivity index (χ1) is 7.78. The Bertz CT molecular complexity index is 457. The number of nitrogens with zero attached hydrogens (tertiary/aromatic N) is 2. The summed E-state index contributed by atoms with van der Waals surface area (Å²) in [5.41, 5.74) is 0.